The first-order valence-electron chi connectivity index (χ1n) is 9.65. The van der Waals surface area contributed by atoms with Crippen molar-refractivity contribution >= 4 is 11.9 Å². The maximum absolute atomic E-state index is 13.1. The van der Waals surface area contributed by atoms with E-state index in [0.29, 0.717) is 19.0 Å². The lowest BCUT2D eigenvalue weighted by Crippen LogP contribution is -2.53. The molecule has 3 aromatic rings. The molecule has 1 spiro atoms. The third kappa shape index (κ3) is 3.14. The number of carbonyl (C=O) groups excluding carboxylic acids is 1. The lowest BCUT2D eigenvalue weighted by Gasteiger charge is -2.48. The van der Waals surface area contributed by atoms with Crippen molar-refractivity contribution in [2.24, 2.45) is 0 Å². The molecule has 4 heterocycles. The van der Waals surface area contributed by atoms with Crippen molar-refractivity contribution in [1.82, 2.24) is 20.0 Å². The highest BCUT2D eigenvalue weighted by molar-refractivity contribution is 5.91. The van der Waals surface area contributed by atoms with Gasteiger partial charge in [0.2, 0.25) is 11.7 Å². The number of piperidine rings is 1. The first-order valence-corrected chi connectivity index (χ1v) is 9.65. The van der Waals surface area contributed by atoms with E-state index in [1.807, 2.05) is 11.0 Å². The van der Waals surface area contributed by atoms with Crippen molar-refractivity contribution in [3.05, 3.63) is 71.6 Å². The summed E-state index contributed by atoms with van der Waals surface area (Å²) in [6.07, 6.45) is 5.58. The molecule has 2 aliphatic heterocycles. The Hall–Kier alpha value is -3.29. The fourth-order valence-electron chi connectivity index (χ4n) is 4.54. The molecule has 5 rings (SSSR count). The zero-order valence-electron chi connectivity index (χ0n) is 15.8. The Labute approximate surface area is 167 Å². The van der Waals surface area contributed by atoms with Crippen LogP contribution >= 0.6 is 0 Å². The van der Waals surface area contributed by atoms with Gasteiger partial charge < -0.3 is 14.3 Å². The number of carbonyl (C=O) groups is 1. The van der Waals surface area contributed by atoms with Gasteiger partial charge in [0.1, 0.15) is 0 Å². The third-order valence-corrected chi connectivity index (χ3v) is 5.99. The summed E-state index contributed by atoms with van der Waals surface area (Å²) in [4.78, 5) is 25.1. The Kier molecular flexibility index (Phi) is 4.26. The number of hydrogen-bond acceptors (Lipinski definition) is 6. The molecule has 29 heavy (non-hydrogen) atoms. The molecule has 0 radical (unpaired) electrons. The number of anilines is 1. The van der Waals surface area contributed by atoms with E-state index in [0.717, 1.165) is 31.5 Å². The van der Waals surface area contributed by atoms with E-state index in [2.05, 4.69) is 38.2 Å². The molecule has 0 bridgehead atoms. The quantitative estimate of drug-likeness (QED) is 0.667. The lowest BCUT2D eigenvalue weighted by molar-refractivity contribution is 0.0606. The van der Waals surface area contributed by atoms with Gasteiger partial charge in [-0.1, -0.05) is 29.4 Å². The normalized spacial score (nSPS) is 18.0. The zero-order valence-corrected chi connectivity index (χ0v) is 15.8. The maximum Gasteiger partial charge on any atom is 0.292 e. The van der Waals surface area contributed by atoms with Gasteiger partial charge in [-0.3, -0.25) is 4.79 Å². The Bertz CT molecular complexity index is 1010. The highest BCUT2D eigenvalue weighted by Crippen LogP contribution is 2.42. The number of aromatic nitrogens is 3. The van der Waals surface area contributed by atoms with Gasteiger partial charge in [0.25, 0.3) is 5.91 Å². The number of nitrogens with zero attached hydrogens (tertiary/aromatic N) is 5. The van der Waals surface area contributed by atoms with Crippen molar-refractivity contribution in [3.63, 3.8) is 0 Å². The van der Waals surface area contributed by atoms with Crippen LogP contribution in [0.3, 0.4) is 0 Å². The zero-order chi connectivity index (χ0) is 19.8. The molecule has 0 unspecified atom stereocenters. The van der Waals surface area contributed by atoms with Gasteiger partial charge in [-0.05, 0) is 24.0 Å². The monoisotopic (exact) mass is 393 g/mol. The van der Waals surface area contributed by atoms with Crippen molar-refractivity contribution in [3.8, 4) is 0 Å². The second-order valence-electron chi connectivity index (χ2n) is 7.66. The van der Waals surface area contributed by atoms with E-state index >= 15 is 0 Å². The van der Waals surface area contributed by atoms with Gasteiger partial charge in [-0.15, -0.1) is 0 Å². The van der Waals surface area contributed by atoms with Gasteiger partial charge in [-0.2, -0.15) is 0 Å². The number of hydrogen-bond donors (Lipinski definition) is 0. The summed E-state index contributed by atoms with van der Waals surface area (Å²) >= 11 is 0. The summed E-state index contributed by atoms with van der Waals surface area (Å²) in [5, 5.41) is 3.67. The van der Waals surface area contributed by atoms with Crippen molar-refractivity contribution < 1.29 is 13.7 Å². The van der Waals surface area contributed by atoms with E-state index in [1.165, 1.54) is 24.2 Å². The molecule has 7 nitrogen and oxygen atoms in total. The summed E-state index contributed by atoms with van der Waals surface area (Å²) in [7, 11) is 0. The molecule has 2 aromatic heterocycles. The minimum atomic E-state index is -0.440. The van der Waals surface area contributed by atoms with Gasteiger partial charge in [0.15, 0.2) is 5.82 Å². The molecular weight excluding hydrogens is 373 g/mol. The van der Waals surface area contributed by atoms with E-state index in [1.54, 1.807) is 6.07 Å². The molecular formula is C21H20FN5O2. The average molecular weight is 393 g/mol. The van der Waals surface area contributed by atoms with Gasteiger partial charge >= 0.3 is 0 Å². The van der Waals surface area contributed by atoms with Crippen LogP contribution in [-0.2, 0) is 12.0 Å². The Morgan fingerprint density at radius 3 is 2.59 bits per heavy atom. The Morgan fingerprint density at radius 2 is 1.86 bits per heavy atom. The number of fused-ring (bicyclic) bond motifs is 2. The third-order valence-electron chi connectivity index (χ3n) is 5.99. The van der Waals surface area contributed by atoms with Crippen LogP contribution in [0.4, 0.5) is 10.3 Å². The highest BCUT2D eigenvalue weighted by Gasteiger charge is 2.43. The molecule has 0 aliphatic carbocycles. The Morgan fingerprint density at radius 1 is 1.10 bits per heavy atom. The summed E-state index contributed by atoms with van der Waals surface area (Å²) in [6, 6.07) is 9.94. The van der Waals surface area contributed by atoms with Gasteiger partial charge in [0, 0.05) is 37.7 Å². The molecule has 148 valence electrons. The van der Waals surface area contributed by atoms with Crippen LogP contribution in [-0.4, -0.2) is 45.6 Å². The molecule has 0 N–H and O–H groups in total. The average Bonchev–Trinajstić information content (AvgIpc) is 3.29. The second-order valence-corrected chi connectivity index (χ2v) is 7.66. The van der Waals surface area contributed by atoms with Crippen LogP contribution in [0.1, 0.15) is 34.5 Å². The fourth-order valence-corrected chi connectivity index (χ4v) is 4.54. The van der Waals surface area contributed by atoms with Crippen LogP contribution in [0.25, 0.3) is 0 Å². The number of benzene rings is 1. The predicted octanol–water partition coefficient (Wildman–Crippen LogP) is 2.80. The standard InChI is InChI=1S/C21H20FN5O2/c22-16-11-23-20(24-12-16)26-9-6-21(7-10-26)14-27(19(28)18-5-8-25-29-18)13-15-3-1-2-4-17(15)21/h1-5,8,11-12H,6-7,9-10,13-14H2. The van der Waals surface area contributed by atoms with Crippen molar-refractivity contribution in [2.45, 2.75) is 24.8 Å². The molecule has 1 aromatic carbocycles. The van der Waals surface area contributed by atoms with Crippen LogP contribution < -0.4 is 4.90 Å². The highest BCUT2D eigenvalue weighted by atomic mass is 19.1. The molecule has 1 saturated heterocycles. The Balaban J connectivity index is 1.42. The van der Waals surface area contributed by atoms with E-state index in [-0.39, 0.29) is 17.1 Å². The first kappa shape index (κ1) is 17.8. The summed E-state index contributed by atoms with van der Waals surface area (Å²) < 4.78 is 18.2. The lowest BCUT2D eigenvalue weighted by atomic mass is 9.69. The molecule has 1 amide bonds. The van der Waals surface area contributed by atoms with Crippen LogP contribution in [0.15, 0.2) is 53.4 Å². The molecule has 1 fully saturated rings. The number of rotatable bonds is 2. The van der Waals surface area contributed by atoms with E-state index < -0.39 is 5.82 Å². The smallest absolute Gasteiger partial charge is 0.292 e. The first-order chi connectivity index (χ1) is 14.1. The van der Waals surface area contributed by atoms with Crippen LogP contribution in [0.5, 0.6) is 0 Å². The van der Waals surface area contributed by atoms with Gasteiger partial charge in [-0.25, -0.2) is 14.4 Å². The largest absolute Gasteiger partial charge is 0.351 e. The number of amides is 1. The minimum Gasteiger partial charge on any atom is -0.351 e. The van der Waals surface area contributed by atoms with Gasteiger partial charge in [0.05, 0.1) is 18.6 Å². The number of halogens is 1. The van der Waals surface area contributed by atoms with Crippen LogP contribution in [0.2, 0.25) is 0 Å². The van der Waals surface area contributed by atoms with E-state index in [9.17, 15) is 9.18 Å². The summed E-state index contributed by atoms with van der Waals surface area (Å²) in [6.45, 7) is 2.67. The second kappa shape index (κ2) is 6.95. The van der Waals surface area contributed by atoms with E-state index in [4.69, 9.17) is 4.52 Å². The minimum absolute atomic E-state index is 0.138. The van der Waals surface area contributed by atoms with Crippen LogP contribution in [0, 0.1) is 5.82 Å². The molecule has 8 heteroatoms. The van der Waals surface area contributed by atoms with Crippen molar-refractivity contribution in [2.75, 3.05) is 24.5 Å². The fraction of sp³-hybridized carbons (Fsp3) is 0.333. The topological polar surface area (TPSA) is 75.4 Å². The summed E-state index contributed by atoms with van der Waals surface area (Å²) in [5.74, 6) is 0.224. The predicted molar refractivity (Wildman–Crippen MR) is 103 cm³/mol. The molecule has 0 atom stereocenters. The molecule has 0 saturated carbocycles. The summed E-state index contributed by atoms with van der Waals surface area (Å²) in [5.41, 5.74) is 2.33. The molecule has 2 aliphatic rings. The maximum atomic E-state index is 13.1. The van der Waals surface area contributed by atoms with Crippen molar-refractivity contribution in [1.29, 1.82) is 0 Å². The SMILES string of the molecule is O=C(c1ccno1)N1Cc2ccccc2C2(CCN(c3ncc(F)cn3)CC2)C1.